The van der Waals surface area contributed by atoms with Crippen LogP contribution in [0.25, 0.3) is 0 Å². The first kappa shape index (κ1) is 15.9. The first-order valence-corrected chi connectivity index (χ1v) is 7.80. The molecular formula is C17H19N5O2. The maximum absolute atomic E-state index is 12.7. The van der Waals surface area contributed by atoms with Gasteiger partial charge in [-0.25, -0.2) is 4.98 Å². The average Bonchev–Trinajstić information content (AvgIpc) is 2.54. The predicted octanol–water partition coefficient (Wildman–Crippen LogP) is 1.82. The van der Waals surface area contributed by atoms with Crippen LogP contribution in [0.3, 0.4) is 0 Å². The molecule has 7 nitrogen and oxygen atoms in total. The molecule has 2 aromatic rings. The maximum atomic E-state index is 12.7. The quantitative estimate of drug-likeness (QED) is 0.840. The summed E-state index contributed by atoms with van der Waals surface area (Å²) in [6.45, 7) is 3.54. The van der Waals surface area contributed by atoms with Crippen molar-refractivity contribution in [3.8, 4) is 0 Å². The molecule has 124 valence electrons. The van der Waals surface area contributed by atoms with E-state index >= 15 is 0 Å². The number of anilines is 1. The van der Waals surface area contributed by atoms with Gasteiger partial charge in [-0.2, -0.15) is 5.10 Å². The number of nitrogens with zero attached hydrogens (tertiary/aromatic N) is 3. The molecule has 0 spiro atoms. The normalized spacial score (nSPS) is 18.2. The number of primary amides is 1. The van der Waals surface area contributed by atoms with Gasteiger partial charge < -0.3 is 5.73 Å². The van der Waals surface area contributed by atoms with E-state index in [1.165, 1.54) is 4.57 Å². The Morgan fingerprint density at radius 1 is 1.38 bits per heavy atom. The lowest BCUT2D eigenvalue weighted by molar-refractivity contribution is 0.0997. The SMILES string of the molecule is Cc1nc2n(c(=O)c1C(N)=O)C(C)CCC2=NNc1ccccc1. The number of nitrogens with two attached hydrogens (primary N) is 1. The fourth-order valence-electron chi connectivity index (χ4n) is 2.87. The van der Waals surface area contributed by atoms with Crippen molar-refractivity contribution in [3.63, 3.8) is 0 Å². The Bertz CT molecular complexity index is 871. The fourth-order valence-corrected chi connectivity index (χ4v) is 2.87. The summed E-state index contributed by atoms with van der Waals surface area (Å²) in [6.07, 6.45) is 1.44. The molecule has 1 amide bonds. The minimum Gasteiger partial charge on any atom is -0.365 e. The molecule has 24 heavy (non-hydrogen) atoms. The summed E-state index contributed by atoms with van der Waals surface area (Å²) >= 11 is 0. The molecule has 1 atom stereocenters. The van der Waals surface area contributed by atoms with Gasteiger partial charge in [0.2, 0.25) is 0 Å². The topological polar surface area (TPSA) is 102 Å². The van der Waals surface area contributed by atoms with E-state index in [-0.39, 0.29) is 11.6 Å². The number of para-hydroxylation sites is 1. The second kappa shape index (κ2) is 6.27. The zero-order valence-corrected chi connectivity index (χ0v) is 13.6. The molecule has 7 heteroatoms. The second-order valence-corrected chi connectivity index (χ2v) is 5.86. The minimum absolute atomic E-state index is 0.0529. The number of carbonyl (C=O) groups excluding carboxylic acids is 1. The van der Waals surface area contributed by atoms with Crippen LogP contribution in [0.5, 0.6) is 0 Å². The predicted molar refractivity (Wildman–Crippen MR) is 92.3 cm³/mol. The number of benzene rings is 1. The van der Waals surface area contributed by atoms with E-state index in [0.717, 1.165) is 12.1 Å². The Morgan fingerprint density at radius 3 is 2.75 bits per heavy atom. The molecule has 0 radical (unpaired) electrons. The summed E-state index contributed by atoms with van der Waals surface area (Å²) in [5, 5.41) is 4.41. The molecule has 3 rings (SSSR count). The fraction of sp³-hybridized carbons (Fsp3) is 0.294. The number of nitrogens with one attached hydrogen (secondary N) is 1. The molecule has 1 aromatic carbocycles. The van der Waals surface area contributed by atoms with Crippen LogP contribution in [0.4, 0.5) is 5.69 Å². The van der Waals surface area contributed by atoms with Crippen molar-refractivity contribution in [2.75, 3.05) is 5.43 Å². The van der Waals surface area contributed by atoms with Gasteiger partial charge in [-0.1, -0.05) is 18.2 Å². The molecule has 1 aliphatic rings. The summed E-state index contributed by atoms with van der Waals surface area (Å²) in [5.41, 5.74) is 9.74. The number of hydrogen-bond acceptors (Lipinski definition) is 5. The van der Waals surface area contributed by atoms with Crippen LogP contribution in [0.1, 0.15) is 47.7 Å². The van der Waals surface area contributed by atoms with Gasteiger partial charge in [0.1, 0.15) is 11.3 Å². The van der Waals surface area contributed by atoms with Gasteiger partial charge in [0.15, 0.2) is 5.82 Å². The van der Waals surface area contributed by atoms with Crippen molar-refractivity contribution < 1.29 is 4.79 Å². The van der Waals surface area contributed by atoms with Crippen LogP contribution in [-0.2, 0) is 0 Å². The highest BCUT2D eigenvalue weighted by atomic mass is 16.2. The smallest absolute Gasteiger partial charge is 0.267 e. The highest BCUT2D eigenvalue weighted by molar-refractivity contribution is 6.00. The Balaban J connectivity index is 2.08. The summed E-state index contributed by atoms with van der Waals surface area (Å²) in [4.78, 5) is 28.6. The van der Waals surface area contributed by atoms with Crippen LogP contribution >= 0.6 is 0 Å². The Hall–Kier alpha value is -2.96. The van der Waals surface area contributed by atoms with Gasteiger partial charge in [-0.05, 0) is 38.8 Å². The number of hydrogen-bond donors (Lipinski definition) is 2. The third-order valence-corrected chi connectivity index (χ3v) is 4.13. The highest BCUT2D eigenvalue weighted by Gasteiger charge is 2.27. The number of carbonyl (C=O) groups is 1. The standard InChI is InChI=1S/C17H19N5O2/c1-10-8-9-13(21-20-12-6-4-3-5-7-12)16-19-11(2)14(15(18)23)17(24)22(10)16/h3-7,10,20H,8-9H2,1-2H3,(H2,18,23). The third-order valence-electron chi connectivity index (χ3n) is 4.13. The molecule has 3 N–H and O–H groups in total. The van der Waals surface area contributed by atoms with E-state index in [4.69, 9.17) is 5.73 Å². The lowest BCUT2D eigenvalue weighted by atomic mass is 10.0. The van der Waals surface area contributed by atoms with E-state index in [1.54, 1.807) is 6.92 Å². The van der Waals surface area contributed by atoms with E-state index in [1.807, 2.05) is 37.3 Å². The molecule has 0 fully saturated rings. The van der Waals surface area contributed by atoms with Crippen LogP contribution in [0.2, 0.25) is 0 Å². The Morgan fingerprint density at radius 2 is 2.08 bits per heavy atom. The van der Waals surface area contributed by atoms with Crippen LogP contribution in [-0.4, -0.2) is 21.2 Å². The Labute approximate surface area is 139 Å². The van der Waals surface area contributed by atoms with Crippen molar-refractivity contribution >= 4 is 17.3 Å². The van der Waals surface area contributed by atoms with E-state index in [0.29, 0.717) is 23.7 Å². The Kier molecular flexibility index (Phi) is 4.16. The number of amides is 1. The number of rotatable bonds is 3. The maximum Gasteiger partial charge on any atom is 0.267 e. The van der Waals surface area contributed by atoms with Crippen LogP contribution in [0, 0.1) is 6.92 Å². The summed E-state index contributed by atoms with van der Waals surface area (Å²) in [6, 6.07) is 9.48. The van der Waals surface area contributed by atoms with E-state index in [2.05, 4.69) is 15.5 Å². The van der Waals surface area contributed by atoms with Crippen molar-refractivity contribution in [2.45, 2.75) is 32.7 Å². The molecule has 1 aliphatic heterocycles. The van der Waals surface area contributed by atoms with Gasteiger partial charge in [-0.3, -0.25) is 19.6 Å². The number of hydrazone groups is 1. The van der Waals surface area contributed by atoms with Gasteiger partial charge in [-0.15, -0.1) is 0 Å². The molecule has 2 heterocycles. The largest absolute Gasteiger partial charge is 0.365 e. The van der Waals surface area contributed by atoms with Gasteiger partial charge in [0, 0.05) is 6.04 Å². The molecule has 0 aliphatic carbocycles. The lowest BCUT2D eigenvalue weighted by Gasteiger charge is -2.26. The summed E-state index contributed by atoms with van der Waals surface area (Å²) in [5.74, 6) is -0.261. The van der Waals surface area contributed by atoms with Crippen molar-refractivity contribution in [1.29, 1.82) is 0 Å². The van der Waals surface area contributed by atoms with Gasteiger partial charge in [0.25, 0.3) is 11.5 Å². The monoisotopic (exact) mass is 325 g/mol. The first-order valence-electron chi connectivity index (χ1n) is 7.80. The van der Waals surface area contributed by atoms with Gasteiger partial charge >= 0.3 is 0 Å². The minimum atomic E-state index is -0.751. The average molecular weight is 325 g/mol. The molecule has 0 saturated carbocycles. The van der Waals surface area contributed by atoms with Crippen molar-refractivity contribution in [3.05, 3.63) is 57.8 Å². The molecule has 1 unspecified atom stereocenters. The first-order chi connectivity index (χ1) is 11.5. The lowest BCUT2D eigenvalue weighted by Crippen LogP contribution is -2.39. The summed E-state index contributed by atoms with van der Waals surface area (Å²) < 4.78 is 1.52. The highest BCUT2D eigenvalue weighted by Crippen LogP contribution is 2.23. The number of fused-ring (bicyclic) bond motifs is 1. The number of aryl methyl sites for hydroxylation is 1. The molecule has 0 saturated heterocycles. The zero-order chi connectivity index (χ0) is 17.3. The van der Waals surface area contributed by atoms with E-state index < -0.39 is 11.5 Å². The van der Waals surface area contributed by atoms with Crippen molar-refractivity contribution in [2.24, 2.45) is 10.8 Å². The second-order valence-electron chi connectivity index (χ2n) is 5.86. The number of aromatic nitrogens is 2. The molecule has 0 bridgehead atoms. The van der Waals surface area contributed by atoms with Crippen LogP contribution in [0.15, 0.2) is 40.2 Å². The van der Waals surface area contributed by atoms with Crippen molar-refractivity contribution in [1.82, 2.24) is 9.55 Å². The third kappa shape index (κ3) is 2.80. The van der Waals surface area contributed by atoms with Crippen LogP contribution < -0.4 is 16.7 Å². The molecular weight excluding hydrogens is 306 g/mol. The van der Waals surface area contributed by atoms with Gasteiger partial charge in [0.05, 0.1) is 11.4 Å². The zero-order valence-electron chi connectivity index (χ0n) is 13.6. The summed E-state index contributed by atoms with van der Waals surface area (Å²) in [7, 11) is 0. The molecule has 1 aromatic heterocycles. The van der Waals surface area contributed by atoms with E-state index in [9.17, 15) is 9.59 Å².